The minimum absolute atomic E-state index is 0.116. The number of para-hydroxylation sites is 1. The van der Waals surface area contributed by atoms with Crippen molar-refractivity contribution in [2.75, 3.05) is 20.3 Å². The van der Waals surface area contributed by atoms with Crippen LogP contribution in [-0.2, 0) is 9.59 Å². The average Bonchev–Trinajstić information content (AvgIpc) is 2.65. The summed E-state index contributed by atoms with van der Waals surface area (Å²) in [6.07, 6.45) is 0. The minimum atomic E-state index is -0.357. The van der Waals surface area contributed by atoms with E-state index >= 15 is 0 Å². The molecule has 2 rings (SSSR count). The van der Waals surface area contributed by atoms with Gasteiger partial charge in [-0.1, -0.05) is 35.9 Å². The van der Waals surface area contributed by atoms with E-state index in [9.17, 15) is 9.59 Å². The third kappa shape index (κ3) is 5.81. The molecular weight excluding hydrogens is 332 g/mol. The maximum absolute atomic E-state index is 12.1. The maximum Gasteiger partial charge on any atom is 0.258 e. The molecule has 0 radical (unpaired) electrons. The highest BCUT2D eigenvalue weighted by atomic mass is 16.5. The van der Waals surface area contributed by atoms with Crippen LogP contribution >= 0.6 is 0 Å². The molecule has 6 heteroatoms. The summed E-state index contributed by atoms with van der Waals surface area (Å²) < 4.78 is 10.7. The highest BCUT2D eigenvalue weighted by molar-refractivity contribution is 5.85. The number of aryl methyl sites for hydroxylation is 1. The number of carbonyl (C=O) groups is 2. The molecule has 0 bridgehead atoms. The summed E-state index contributed by atoms with van der Waals surface area (Å²) in [5.41, 5.74) is 1.97. The predicted octanol–water partition coefficient (Wildman–Crippen LogP) is 2.38. The lowest BCUT2D eigenvalue weighted by Crippen LogP contribution is -2.39. The molecule has 2 aromatic rings. The van der Waals surface area contributed by atoms with Gasteiger partial charge in [0.1, 0.15) is 11.5 Å². The van der Waals surface area contributed by atoms with Gasteiger partial charge in [0.15, 0.2) is 6.61 Å². The molecule has 0 unspecified atom stereocenters. The standard InChI is InChI=1S/C20H24N2O4/c1-14-9-10-18(25-3)17(11-14)15(2)22-19(23)12-21-20(24)13-26-16-7-5-4-6-8-16/h4-11,15H,12-13H2,1-3H3,(H,21,24)(H,22,23)/t15-/m0/s1. The molecule has 0 aliphatic rings. The Morgan fingerprint density at radius 1 is 1.08 bits per heavy atom. The highest BCUT2D eigenvalue weighted by Gasteiger charge is 2.15. The zero-order valence-electron chi connectivity index (χ0n) is 15.2. The number of nitrogens with one attached hydrogen (secondary N) is 2. The average molecular weight is 356 g/mol. The second-order valence-corrected chi connectivity index (χ2v) is 5.91. The fraction of sp³-hybridized carbons (Fsp3) is 0.300. The van der Waals surface area contributed by atoms with Gasteiger partial charge < -0.3 is 20.1 Å². The largest absolute Gasteiger partial charge is 0.496 e. The number of hydrogen-bond donors (Lipinski definition) is 2. The Bertz CT molecular complexity index is 747. The second kappa shape index (κ2) is 9.46. The van der Waals surface area contributed by atoms with Crippen molar-refractivity contribution in [1.29, 1.82) is 0 Å². The number of ether oxygens (including phenoxy) is 2. The molecule has 2 amide bonds. The first kappa shape index (κ1) is 19.3. The number of hydrogen-bond acceptors (Lipinski definition) is 4. The fourth-order valence-electron chi connectivity index (χ4n) is 2.46. The summed E-state index contributed by atoms with van der Waals surface area (Å²) in [5, 5.41) is 5.40. The Morgan fingerprint density at radius 3 is 2.50 bits per heavy atom. The maximum atomic E-state index is 12.1. The van der Waals surface area contributed by atoms with Crippen LogP contribution in [0.2, 0.25) is 0 Å². The van der Waals surface area contributed by atoms with Crippen molar-refractivity contribution in [2.24, 2.45) is 0 Å². The molecule has 2 N–H and O–H groups in total. The zero-order chi connectivity index (χ0) is 18.9. The number of carbonyl (C=O) groups excluding carboxylic acids is 2. The number of amides is 2. The summed E-state index contributed by atoms with van der Waals surface area (Å²) in [7, 11) is 1.59. The monoisotopic (exact) mass is 356 g/mol. The van der Waals surface area contributed by atoms with Gasteiger partial charge in [-0.3, -0.25) is 9.59 Å². The van der Waals surface area contributed by atoms with Crippen molar-refractivity contribution in [1.82, 2.24) is 10.6 Å². The summed E-state index contributed by atoms with van der Waals surface area (Å²) >= 11 is 0. The van der Waals surface area contributed by atoms with Crippen LogP contribution in [0.25, 0.3) is 0 Å². The van der Waals surface area contributed by atoms with Crippen LogP contribution in [0, 0.1) is 6.92 Å². The quantitative estimate of drug-likeness (QED) is 0.761. The zero-order valence-corrected chi connectivity index (χ0v) is 15.2. The van der Waals surface area contributed by atoms with Crippen LogP contribution in [0.4, 0.5) is 0 Å². The highest BCUT2D eigenvalue weighted by Crippen LogP contribution is 2.25. The van der Waals surface area contributed by atoms with Gasteiger partial charge in [-0.15, -0.1) is 0 Å². The van der Waals surface area contributed by atoms with Gasteiger partial charge in [-0.2, -0.15) is 0 Å². The lowest BCUT2D eigenvalue weighted by Gasteiger charge is -2.18. The first-order valence-electron chi connectivity index (χ1n) is 8.38. The van der Waals surface area contributed by atoms with Gasteiger partial charge in [0, 0.05) is 5.56 Å². The Balaban J connectivity index is 1.79. The third-order valence-electron chi connectivity index (χ3n) is 3.79. The Hall–Kier alpha value is -3.02. The third-order valence-corrected chi connectivity index (χ3v) is 3.79. The van der Waals surface area contributed by atoms with Crippen molar-refractivity contribution >= 4 is 11.8 Å². The van der Waals surface area contributed by atoms with E-state index < -0.39 is 0 Å². The van der Waals surface area contributed by atoms with E-state index in [1.807, 2.05) is 50.2 Å². The Morgan fingerprint density at radius 2 is 1.81 bits per heavy atom. The van der Waals surface area contributed by atoms with E-state index in [4.69, 9.17) is 9.47 Å². The lowest BCUT2D eigenvalue weighted by atomic mass is 10.0. The first-order valence-corrected chi connectivity index (χ1v) is 8.38. The van der Waals surface area contributed by atoms with Crippen LogP contribution in [-0.4, -0.2) is 32.1 Å². The molecule has 2 aromatic carbocycles. The molecule has 1 atom stereocenters. The molecule has 0 saturated heterocycles. The van der Waals surface area contributed by atoms with Crippen LogP contribution < -0.4 is 20.1 Å². The molecule has 0 heterocycles. The molecule has 0 spiro atoms. The van der Waals surface area contributed by atoms with E-state index in [2.05, 4.69) is 10.6 Å². The van der Waals surface area contributed by atoms with E-state index in [0.29, 0.717) is 11.5 Å². The lowest BCUT2D eigenvalue weighted by molar-refractivity contribution is -0.127. The van der Waals surface area contributed by atoms with Crippen molar-refractivity contribution in [3.05, 3.63) is 59.7 Å². The molecule has 138 valence electrons. The molecule has 0 saturated carbocycles. The summed E-state index contributed by atoms with van der Waals surface area (Å²) in [4.78, 5) is 23.9. The van der Waals surface area contributed by atoms with E-state index in [1.54, 1.807) is 19.2 Å². The second-order valence-electron chi connectivity index (χ2n) is 5.91. The molecule has 6 nitrogen and oxygen atoms in total. The molecular formula is C20H24N2O4. The number of benzene rings is 2. The van der Waals surface area contributed by atoms with Crippen molar-refractivity contribution in [3.63, 3.8) is 0 Å². The fourth-order valence-corrected chi connectivity index (χ4v) is 2.46. The SMILES string of the molecule is COc1ccc(C)cc1[C@H](C)NC(=O)CNC(=O)COc1ccccc1. The minimum Gasteiger partial charge on any atom is -0.496 e. The van der Waals surface area contributed by atoms with E-state index in [0.717, 1.165) is 11.1 Å². The summed E-state index contributed by atoms with van der Waals surface area (Å²) in [6.45, 7) is 3.59. The van der Waals surface area contributed by atoms with Crippen molar-refractivity contribution in [2.45, 2.75) is 19.9 Å². The van der Waals surface area contributed by atoms with Crippen molar-refractivity contribution in [3.8, 4) is 11.5 Å². The molecule has 26 heavy (non-hydrogen) atoms. The van der Waals surface area contributed by atoms with Gasteiger partial charge >= 0.3 is 0 Å². The van der Waals surface area contributed by atoms with Crippen LogP contribution in [0.5, 0.6) is 11.5 Å². The van der Waals surface area contributed by atoms with Gasteiger partial charge in [0.25, 0.3) is 5.91 Å². The van der Waals surface area contributed by atoms with Crippen molar-refractivity contribution < 1.29 is 19.1 Å². The predicted molar refractivity (Wildman–Crippen MR) is 99.2 cm³/mol. The summed E-state index contributed by atoms with van der Waals surface area (Å²) in [5.74, 6) is 0.676. The number of rotatable bonds is 8. The van der Waals surface area contributed by atoms with Crippen LogP contribution in [0.1, 0.15) is 24.1 Å². The number of methoxy groups -OCH3 is 1. The molecule has 0 aliphatic heterocycles. The van der Waals surface area contributed by atoms with E-state index in [1.165, 1.54) is 0 Å². The molecule has 0 aliphatic carbocycles. The summed E-state index contributed by atoms with van der Waals surface area (Å²) in [6, 6.07) is 14.6. The Kier molecular flexibility index (Phi) is 7.02. The first-order chi connectivity index (χ1) is 12.5. The topological polar surface area (TPSA) is 76.7 Å². The normalized spacial score (nSPS) is 11.3. The molecule has 0 aromatic heterocycles. The van der Waals surface area contributed by atoms with Crippen LogP contribution in [0.3, 0.4) is 0 Å². The smallest absolute Gasteiger partial charge is 0.258 e. The van der Waals surface area contributed by atoms with Gasteiger partial charge in [0.05, 0.1) is 19.7 Å². The molecule has 0 fully saturated rings. The van der Waals surface area contributed by atoms with E-state index in [-0.39, 0.29) is 31.0 Å². The van der Waals surface area contributed by atoms with Gasteiger partial charge in [-0.05, 0) is 32.0 Å². The Labute approximate surface area is 153 Å². The van der Waals surface area contributed by atoms with Gasteiger partial charge in [0.2, 0.25) is 5.91 Å². The van der Waals surface area contributed by atoms with Crippen LogP contribution in [0.15, 0.2) is 48.5 Å². The van der Waals surface area contributed by atoms with Gasteiger partial charge in [-0.25, -0.2) is 0 Å².